The summed E-state index contributed by atoms with van der Waals surface area (Å²) in [5.41, 5.74) is 0.769. The number of aryl methyl sites for hydroxylation is 1. The molecule has 2 rings (SSSR count). The molecule has 1 saturated heterocycles. The van der Waals surface area contributed by atoms with Crippen molar-refractivity contribution in [3.8, 4) is 0 Å². The first-order chi connectivity index (χ1) is 7.49. The molecule has 1 aromatic heterocycles. The second-order valence-electron chi connectivity index (χ2n) is 4.51. The molecule has 1 fully saturated rings. The monoisotopic (exact) mass is 286 g/mol. The molecule has 1 aliphatic heterocycles. The van der Waals surface area contributed by atoms with Crippen molar-refractivity contribution in [2.45, 2.75) is 0 Å². The van der Waals surface area contributed by atoms with Crippen LogP contribution in [-0.2, 0) is 7.05 Å². The third-order valence-electron chi connectivity index (χ3n) is 3.12. The van der Waals surface area contributed by atoms with Crippen LogP contribution in [0.2, 0.25) is 0 Å². The second-order valence-corrected chi connectivity index (χ2v) is 6.22. The zero-order valence-electron chi connectivity index (χ0n) is 9.69. The first kappa shape index (κ1) is 11.7. The second kappa shape index (κ2) is 4.22. The Hall–Kier alpha value is -0.810. The fourth-order valence-electron chi connectivity index (χ4n) is 1.93. The summed E-state index contributed by atoms with van der Waals surface area (Å²) in [6, 6.07) is 3.78. The van der Waals surface area contributed by atoms with Crippen LogP contribution in [-0.4, -0.2) is 52.1 Å². The summed E-state index contributed by atoms with van der Waals surface area (Å²) in [7, 11) is 4.03. The number of amides is 1. The van der Waals surface area contributed by atoms with E-state index in [-0.39, 0.29) is 5.91 Å². The Bertz CT molecular complexity index is 390. The Kier molecular flexibility index (Phi) is 3.08. The van der Waals surface area contributed by atoms with Gasteiger partial charge in [-0.3, -0.25) is 8.30 Å². The minimum Gasteiger partial charge on any atom is -0.347 e. The van der Waals surface area contributed by atoms with Crippen LogP contribution in [0.5, 0.6) is 0 Å². The molecule has 0 unspecified atom stereocenters. The molecule has 5 heteroatoms. The predicted octanol–water partition coefficient (Wildman–Crippen LogP) is 1.24. The Morgan fingerprint density at radius 1 is 1.44 bits per heavy atom. The zero-order valence-corrected chi connectivity index (χ0v) is 11.3. The van der Waals surface area contributed by atoms with Gasteiger partial charge >= 0.3 is 0 Å². The number of piperazine rings is 1. The van der Waals surface area contributed by atoms with E-state index in [0.29, 0.717) is 0 Å². The molecule has 16 heavy (non-hydrogen) atoms. The van der Waals surface area contributed by atoms with E-state index in [4.69, 9.17) is 0 Å². The molecule has 0 saturated carbocycles. The average molecular weight is 287 g/mol. The van der Waals surface area contributed by atoms with Gasteiger partial charge in [-0.05, 0) is 12.1 Å². The van der Waals surface area contributed by atoms with Gasteiger partial charge in [0, 0.05) is 13.2 Å². The van der Waals surface area contributed by atoms with E-state index in [0.717, 1.165) is 35.4 Å². The SMILES string of the molecule is Cn1cccc1C(=O)N1CC[N+](C)(Br)CC1. The fourth-order valence-corrected chi connectivity index (χ4v) is 2.25. The Morgan fingerprint density at radius 3 is 2.56 bits per heavy atom. The van der Waals surface area contributed by atoms with Gasteiger partial charge in [-0.25, -0.2) is 0 Å². The lowest BCUT2D eigenvalue weighted by molar-refractivity contribution is -0.763. The summed E-state index contributed by atoms with van der Waals surface area (Å²) in [6.45, 7) is 3.53. The molecule has 1 aromatic rings. The lowest BCUT2D eigenvalue weighted by atomic mass is 10.3. The number of aromatic nitrogens is 1. The average Bonchev–Trinajstić information content (AvgIpc) is 2.63. The van der Waals surface area contributed by atoms with Crippen molar-refractivity contribution < 1.29 is 8.30 Å². The summed E-state index contributed by atoms with van der Waals surface area (Å²) in [5, 5.41) is 0. The predicted molar refractivity (Wildman–Crippen MR) is 66.2 cm³/mol. The van der Waals surface area contributed by atoms with Crippen LogP contribution in [0.15, 0.2) is 18.3 Å². The first-order valence-electron chi connectivity index (χ1n) is 5.44. The van der Waals surface area contributed by atoms with E-state index in [1.807, 2.05) is 34.8 Å². The maximum atomic E-state index is 12.2. The largest absolute Gasteiger partial charge is 0.347 e. The Labute approximate surface area is 104 Å². The molecule has 0 aromatic carbocycles. The molecule has 0 N–H and O–H groups in total. The molecular weight excluding hydrogens is 270 g/mol. The number of hydrogen-bond donors (Lipinski definition) is 0. The molecule has 0 radical (unpaired) electrons. The van der Waals surface area contributed by atoms with Crippen molar-refractivity contribution in [3.63, 3.8) is 0 Å². The third kappa shape index (κ3) is 2.30. The van der Waals surface area contributed by atoms with Gasteiger partial charge in [-0.15, -0.1) is 0 Å². The van der Waals surface area contributed by atoms with Crippen molar-refractivity contribution in [1.29, 1.82) is 0 Å². The van der Waals surface area contributed by atoms with Crippen molar-refractivity contribution in [2.75, 3.05) is 33.2 Å². The van der Waals surface area contributed by atoms with E-state index in [9.17, 15) is 4.79 Å². The summed E-state index contributed by atoms with van der Waals surface area (Å²) in [6.07, 6.45) is 1.90. The van der Waals surface area contributed by atoms with Crippen LogP contribution < -0.4 is 0 Å². The van der Waals surface area contributed by atoms with Crippen LogP contribution in [0.1, 0.15) is 10.5 Å². The van der Waals surface area contributed by atoms with Gasteiger partial charge in [0.2, 0.25) is 16.1 Å². The lowest BCUT2D eigenvalue weighted by Crippen LogP contribution is -2.53. The number of carbonyl (C=O) groups is 1. The smallest absolute Gasteiger partial charge is 0.270 e. The number of halogens is 1. The minimum atomic E-state index is 0.139. The number of carbonyl (C=O) groups excluding carboxylic acids is 1. The summed E-state index contributed by atoms with van der Waals surface area (Å²) >= 11 is 3.63. The Morgan fingerprint density at radius 2 is 2.06 bits per heavy atom. The molecule has 0 bridgehead atoms. The van der Waals surface area contributed by atoms with E-state index in [2.05, 4.69) is 23.2 Å². The Balaban J connectivity index is 2.05. The van der Waals surface area contributed by atoms with Crippen LogP contribution in [0.4, 0.5) is 0 Å². The van der Waals surface area contributed by atoms with Gasteiger partial charge in [-0.2, -0.15) is 0 Å². The maximum absolute atomic E-state index is 12.2. The highest BCUT2D eigenvalue weighted by Crippen LogP contribution is 2.17. The minimum absolute atomic E-state index is 0.139. The molecule has 1 aliphatic rings. The first-order valence-corrected chi connectivity index (χ1v) is 6.15. The normalized spacial score (nSPS) is 19.8. The van der Waals surface area contributed by atoms with Crippen LogP contribution in [0.3, 0.4) is 0 Å². The molecule has 88 valence electrons. The van der Waals surface area contributed by atoms with Crippen LogP contribution >= 0.6 is 16.1 Å². The van der Waals surface area contributed by atoms with Gasteiger partial charge < -0.3 is 9.47 Å². The highest BCUT2D eigenvalue weighted by molar-refractivity contribution is 9.05. The fraction of sp³-hybridized carbons (Fsp3) is 0.545. The number of nitrogens with zero attached hydrogens (tertiary/aromatic N) is 3. The van der Waals surface area contributed by atoms with Gasteiger partial charge in [-0.1, -0.05) is 0 Å². The van der Waals surface area contributed by atoms with Crippen molar-refractivity contribution in [3.05, 3.63) is 24.0 Å². The molecule has 0 spiro atoms. The summed E-state index contributed by atoms with van der Waals surface area (Å²) in [5.74, 6) is 0.139. The maximum Gasteiger partial charge on any atom is 0.270 e. The van der Waals surface area contributed by atoms with E-state index >= 15 is 0 Å². The van der Waals surface area contributed by atoms with Gasteiger partial charge in [0.25, 0.3) is 5.91 Å². The van der Waals surface area contributed by atoms with Gasteiger partial charge in [0.05, 0.1) is 20.1 Å². The molecule has 0 aliphatic carbocycles. The third-order valence-corrected chi connectivity index (χ3v) is 3.83. The van der Waals surface area contributed by atoms with Crippen molar-refractivity contribution in [2.24, 2.45) is 7.05 Å². The zero-order chi connectivity index (χ0) is 11.8. The van der Waals surface area contributed by atoms with E-state index in [1.54, 1.807) is 0 Å². The van der Waals surface area contributed by atoms with Gasteiger partial charge in [0.1, 0.15) is 18.8 Å². The van der Waals surface area contributed by atoms with E-state index < -0.39 is 0 Å². The van der Waals surface area contributed by atoms with Gasteiger partial charge in [0.15, 0.2) is 0 Å². The quantitative estimate of drug-likeness (QED) is 0.713. The standard InChI is InChI=1S/C11H17BrN3O/c1-13-5-3-4-10(13)11(16)14-6-8-15(2,12)9-7-14/h3-5H,6-9H2,1-2H3/q+1. The number of hydrogen-bond acceptors (Lipinski definition) is 1. The van der Waals surface area contributed by atoms with Crippen LogP contribution in [0.25, 0.3) is 0 Å². The molecule has 0 atom stereocenters. The van der Waals surface area contributed by atoms with E-state index in [1.165, 1.54) is 0 Å². The number of quaternary nitrogens is 1. The number of likely N-dealkylation sites (N-methyl/N-ethyl adjacent to an activating group) is 1. The van der Waals surface area contributed by atoms with Crippen molar-refractivity contribution in [1.82, 2.24) is 9.47 Å². The molecule has 2 heterocycles. The molecular formula is C11H17BrN3O+. The van der Waals surface area contributed by atoms with Crippen LogP contribution in [0, 0.1) is 0 Å². The summed E-state index contributed by atoms with van der Waals surface area (Å²) < 4.78 is 2.70. The van der Waals surface area contributed by atoms with Crippen molar-refractivity contribution >= 4 is 22.1 Å². The lowest BCUT2D eigenvalue weighted by Gasteiger charge is -2.36. The highest BCUT2D eigenvalue weighted by atomic mass is 79.9. The highest BCUT2D eigenvalue weighted by Gasteiger charge is 2.30. The molecule has 4 nitrogen and oxygen atoms in total. The molecule has 1 amide bonds. The topological polar surface area (TPSA) is 25.2 Å². The number of rotatable bonds is 1. The summed E-state index contributed by atoms with van der Waals surface area (Å²) in [4.78, 5) is 14.1.